The van der Waals surface area contributed by atoms with Crippen LogP contribution in [0.4, 0.5) is 0 Å². The van der Waals surface area contributed by atoms with Gasteiger partial charge in [0.1, 0.15) is 0 Å². The van der Waals surface area contributed by atoms with Crippen molar-refractivity contribution in [1.29, 1.82) is 0 Å². The molecule has 0 saturated heterocycles. The van der Waals surface area contributed by atoms with Crippen molar-refractivity contribution in [2.24, 2.45) is 5.84 Å². The number of nitrogens with two attached hydrogens (primary N) is 1. The first-order valence-corrected chi connectivity index (χ1v) is 6.46. The smallest absolute Gasteiger partial charge is 0.294 e. The molecule has 0 aliphatic heterocycles. The third kappa shape index (κ3) is 2.88. The molecule has 1 amide bonds. The van der Waals surface area contributed by atoms with Gasteiger partial charge in [-0.25, -0.2) is 15.6 Å². The van der Waals surface area contributed by atoms with Crippen molar-refractivity contribution in [2.75, 3.05) is 0 Å². The number of hydrazine groups is 1. The molecule has 0 unspecified atom stereocenters. The Morgan fingerprint density at radius 3 is 2.95 bits per heavy atom. The van der Waals surface area contributed by atoms with Crippen LogP contribution in [0.1, 0.15) is 25.7 Å². The standard InChI is InChI=1S/C12H14N4O2S/c1-7-4-14-12(18)16(5-7)6-9-3-10(11(17)15-13)19-8(9)2/h3-5H,6,13H2,1-2H3,(H,15,17). The highest BCUT2D eigenvalue weighted by Crippen LogP contribution is 2.22. The first-order chi connectivity index (χ1) is 9.01. The molecule has 19 heavy (non-hydrogen) atoms. The minimum absolute atomic E-state index is 0.305. The zero-order chi connectivity index (χ0) is 14.0. The van der Waals surface area contributed by atoms with E-state index in [4.69, 9.17) is 5.84 Å². The van der Waals surface area contributed by atoms with E-state index in [1.807, 2.05) is 13.8 Å². The number of nitrogens with zero attached hydrogens (tertiary/aromatic N) is 2. The van der Waals surface area contributed by atoms with Crippen molar-refractivity contribution in [3.05, 3.63) is 49.8 Å². The number of nitrogen functional groups attached to an aromatic ring is 1. The fraction of sp³-hybridized carbons (Fsp3) is 0.250. The molecule has 100 valence electrons. The van der Waals surface area contributed by atoms with Gasteiger partial charge in [-0.2, -0.15) is 0 Å². The second kappa shape index (κ2) is 5.33. The third-order valence-electron chi connectivity index (χ3n) is 2.70. The van der Waals surface area contributed by atoms with Crippen molar-refractivity contribution in [2.45, 2.75) is 20.4 Å². The van der Waals surface area contributed by atoms with E-state index in [2.05, 4.69) is 10.4 Å². The van der Waals surface area contributed by atoms with Gasteiger partial charge in [-0.15, -0.1) is 11.3 Å². The number of thiophene rings is 1. The van der Waals surface area contributed by atoms with E-state index < -0.39 is 0 Å². The number of nitrogens with one attached hydrogen (secondary N) is 1. The maximum absolute atomic E-state index is 11.6. The number of carbonyl (C=O) groups is 1. The van der Waals surface area contributed by atoms with Crippen LogP contribution in [0, 0.1) is 13.8 Å². The van der Waals surface area contributed by atoms with Gasteiger partial charge in [0.05, 0.1) is 11.4 Å². The lowest BCUT2D eigenvalue weighted by molar-refractivity contribution is 0.0957. The second-order valence-corrected chi connectivity index (χ2v) is 5.46. The molecule has 2 aromatic rings. The van der Waals surface area contributed by atoms with Crippen molar-refractivity contribution in [3.8, 4) is 0 Å². The summed E-state index contributed by atoms with van der Waals surface area (Å²) >= 11 is 1.35. The van der Waals surface area contributed by atoms with Crippen LogP contribution in [0.15, 0.2) is 23.3 Å². The number of hydrogen-bond donors (Lipinski definition) is 2. The molecule has 2 aromatic heterocycles. The lowest BCUT2D eigenvalue weighted by Crippen LogP contribution is -2.29. The van der Waals surface area contributed by atoms with Crippen LogP contribution >= 0.6 is 11.3 Å². The molecule has 2 heterocycles. The number of amides is 1. The van der Waals surface area contributed by atoms with Crippen molar-refractivity contribution in [1.82, 2.24) is 15.0 Å². The summed E-state index contributed by atoms with van der Waals surface area (Å²) in [7, 11) is 0. The van der Waals surface area contributed by atoms with Gasteiger partial charge >= 0.3 is 5.69 Å². The SMILES string of the molecule is Cc1cnc(=O)n(Cc2cc(C(=O)NN)sc2C)c1. The highest BCUT2D eigenvalue weighted by atomic mass is 32.1. The first kappa shape index (κ1) is 13.4. The predicted octanol–water partition coefficient (Wildman–Crippen LogP) is 0.573. The molecule has 0 aromatic carbocycles. The Bertz CT molecular complexity index is 675. The van der Waals surface area contributed by atoms with Gasteiger partial charge in [-0.3, -0.25) is 14.8 Å². The van der Waals surface area contributed by atoms with Crippen LogP contribution in [0.2, 0.25) is 0 Å². The van der Waals surface area contributed by atoms with Gasteiger partial charge < -0.3 is 0 Å². The van der Waals surface area contributed by atoms with Gasteiger partial charge in [-0.05, 0) is 31.0 Å². The Labute approximate surface area is 113 Å². The van der Waals surface area contributed by atoms with E-state index in [-0.39, 0.29) is 11.6 Å². The Balaban J connectivity index is 2.33. The van der Waals surface area contributed by atoms with Gasteiger partial charge in [0, 0.05) is 17.3 Å². The molecular formula is C12H14N4O2S. The zero-order valence-electron chi connectivity index (χ0n) is 10.6. The average Bonchev–Trinajstić information content (AvgIpc) is 2.74. The molecule has 0 fully saturated rings. The number of hydrogen-bond acceptors (Lipinski definition) is 5. The normalized spacial score (nSPS) is 10.5. The van der Waals surface area contributed by atoms with Crippen molar-refractivity contribution >= 4 is 17.2 Å². The minimum atomic E-state index is -0.325. The largest absolute Gasteiger partial charge is 0.347 e. The topological polar surface area (TPSA) is 90.0 Å². The summed E-state index contributed by atoms with van der Waals surface area (Å²) in [4.78, 5) is 28.4. The molecule has 6 nitrogen and oxygen atoms in total. The van der Waals surface area contributed by atoms with Crippen LogP contribution in [0.5, 0.6) is 0 Å². The van der Waals surface area contributed by atoms with Crippen LogP contribution in [-0.4, -0.2) is 15.5 Å². The zero-order valence-corrected chi connectivity index (χ0v) is 11.5. The van der Waals surface area contributed by atoms with Gasteiger partial charge in [0.25, 0.3) is 5.91 Å². The van der Waals surface area contributed by atoms with Gasteiger partial charge in [0.2, 0.25) is 0 Å². The Morgan fingerprint density at radius 1 is 1.53 bits per heavy atom. The summed E-state index contributed by atoms with van der Waals surface area (Å²) in [5.74, 6) is 4.78. The summed E-state index contributed by atoms with van der Waals surface area (Å²) in [5, 5.41) is 0. The fourth-order valence-electron chi connectivity index (χ4n) is 1.72. The maximum Gasteiger partial charge on any atom is 0.347 e. The Morgan fingerprint density at radius 2 is 2.26 bits per heavy atom. The van der Waals surface area contributed by atoms with E-state index in [0.717, 1.165) is 16.0 Å². The van der Waals surface area contributed by atoms with Crippen LogP contribution < -0.4 is 17.0 Å². The predicted molar refractivity (Wildman–Crippen MR) is 73.0 cm³/mol. The molecule has 0 bridgehead atoms. The summed E-state index contributed by atoms with van der Waals surface area (Å²) in [6, 6.07) is 1.75. The maximum atomic E-state index is 11.6. The van der Waals surface area contributed by atoms with E-state index in [0.29, 0.717) is 11.4 Å². The monoisotopic (exact) mass is 278 g/mol. The van der Waals surface area contributed by atoms with Crippen molar-refractivity contribution in [3.63, 3.8) is 0 Å². The fourth-order valence-corrected chi connectivity index (χ4v) is 2.66. The molecule has 7 heteroatoms. The molecule has 0 radical (unpaired) electrons. The summed E-state index contributed by atoms with van der Waals surface area (Å²) in [5.41, 5.74) is 3.62. The Hall–Kier alpha value is -1.99. The highest BCUT2D eigenvalue weighted by Gasteiger charge is 2.12. The molecule has 2 rings (SSSR count). The van der Waals surface area contributed by atoms with E-state index >= 15 is 0 Å². The van der Waals surface area contributed by atoms with E-state index in [9.17, 15) is 9.59 Å². The molecule has 0 spiro atoms. The number of aromatic nitrogens is 2. The molecule has 3 N–H and O–H groups in total. The first-order valence-electron chi connectivity index (χ1n) is 5.64. The lowest BCUT2D eigenvalue weighted by Gasteiger charge is -2.04. The molecule has 0 saturated carbocycles. The second-order valence-electron chi connectivity index (χ2n) is 4.21. The van der Waals surface area contributed by atoms with Gasteiger partial charge in [-0.1, -0.05) is 0 Å². The molecule has 0 atom stereocenters. The van der Waals surface area contributed by atoms with Crippen LogP contribution in [0.3, 0.4) is 0 Å². The van der Waals surface area contributed by atoms with Crippen LogP contribution in [0.25, 0.3) is 0 Å². The Kier molecular flexibility index (Phi) is 3.77. The summed E-state index contributed by atoms with van der Waals surface area (Å²) in [6.07, 6.45) is 3.28. The van der Waals surface area contributed by atoms with Gasteiger partial charge in [0.15, 0.2) is 0 Å². The highest BCUT2D eigenvalue weighted by molar-refractivity contribution is 7.14. The van der Waals surface area contributed by atoms with E-state index in [1.165, 1.54) is 22.1 Å². The number of aryl methyl sites for hydroxylation is 2. The number of rotatable bonds is 3. The van der Waals surface area contributed by atoms with Crippen molar-refractivity contribution < 1.29 is 4.79 Å². The minimum Gasteiger partial charge on any atom is -0.294 e. The summed E-state index contributed by atoms with van der Waals surface area (Å²) in [6.45, 7) is 4.17. The quantitative estimate of drug-likeness (QED) is 0.488. The molecule has 0 aliphatic rings. The third-order valence-corrected chi connectivity index (χ3v) is 3.79. The lowest BCUT2D eigenvalue weighted by atomic mass is 10.2. The van der Waals surface area contributed by atoms with E-state index in [1.54, 1.807) is 12.3 Å². The molecule has 0 aliphatic carbocycles. The summed E-state index contributed by atoms with van der Waals surface area (Å²) < 4.78 is 1.52. The number of carbonyl (C=O) groups excluding carboxylic acids is 1. The van der Waals surface area contributed by atoms with Crippen LogP contribution in [-0.2, 0) is 6.54 Å². The molecular weight excluding hydrogens is 264 g/mol. The average molecular weight is 278 g/mol.